The molecule has 0 amide bonds. The number of nitrogens with zero attached hydrogens (tertiary/aromatic N) is 3. The van der Waals surface area contributed by atoms with Crippen molar-refractivity contribution in [3.8, 4) is 17.8 Å². The van der Waals surface area contributed by atoms with E-state index in [1.165, 1.54) is 0 Å². The van der Waals surface area contributed by atoms with E-state index in [4.69, 9.17) is 16.3 Å². The summed E-state index contributed by atoms with van der Waals surface area (Å²) in [5.41, 5.74) is 1.15. The van der Waals surface area contributed by atoms with E-state index in [1.54, 1.807) is 6.07 Å². The van der Waals surface area contributed by atoms with E-state index in [-0.39, 0.29) is 5.56 Å². The third kappa shape index (κ3) is 2.21. The quantitative estimate of drug-likeness (QED) is 0.513. The highest BCUT2D eigenvalue weighted by Gasteiger charge is 2.31. The van der Waals surface area contributed by atoms with E-state index in [0.29, 0.717) is 10.8 Å². The minimum atomic E-state index is -1.95. The highest BCUT2D eigenvalue weighted by atomic mass is 19.2. The van der Waals surface area contributed by atoms with Gasteiger partial charge in [0.2, 0.25) is 0 Å². The van der Waals surface area contributed by atoms with Gasteiger partial charge >= 0.3 is 5.97 Å². The maximum absolute atomic E-state index is 14.1. The average Bonchev–Trinajstić information content (AvgIpc) is 2.89. The monoisotopic (exact) mass is 338 g/mol. The van der Waals surface area contributed by atoms with Crippen LogP contribution in [-0.2, 0) is 4.74 Å². The summed E-state index contributed by atoms with van der Waals surface area (Å²) in [7, 11) is 0.928. The van der Waals surface area contributed by atoms with Crippen molar-refractivity contribution in [3.05, 3.63) is 46.3 Å². The molecule has 1 heterocycles. The van der Waals surface area contributed by atoms with Crippen LogP contribution in [0.25, 0.3) is 5.69 Å². The molecule has 0 aliphatic heterocycles. The summed E-state index contributed by atoms with van der Waals surface area (Å²) in [5.74, 6) is -8.97. The number of hydrogen-bond donors (Lipinski definition) is 1. The van der Waals surface area contributed by atoms with E-state index in [9.17, 15) is 22.4 Å². The SMILES string of the molecule is COC(=O)c1c(N)c(C#N)cn1-c1c(F)c(F)c(C#N)c(F)c1F. The number of ether oxygens (including phenoxy) is 1. The third-order valence-electron chi connectivity index (χ3n) is 3.14. The molecule has 0 bridgehead atoms. The number of anilines is 1. The molecule has 2 rings (SSSR count). The second-order valence-corrected chi connectivity index (χ2v) is 4.37. The molecule has 0 radical (unpaired) electrons. The first kappa shape index (κ1) is 16.8. The van der Waals surface area contributed by atoms with Crippen LogP contribution in [0.2, 0.25) is 0 Å². The lowest BCUT2D eigenvalue weighted by Crippen LogP contribution is -2.15. The Morgan fingerprint density at radius 1 is 1.12 bits per heavy atom. The zero-order valence-corrected chi connectivity index (χ0v) is 11.8. The molecule has 0 spiro atoms. The summed E-state index contributed by atoms with van der Waals surface area (Å²) in [6.07, 6.45) is 0.716. The Morgan fingerprint density at radius 2 is 1.67 bits per heavy atom. The predicted molar refractivity (Wildman–Crippen MR) is 70.8 cm³/mol. The summed E-state index contributed by atoms with van der Waals surface area (Å²) >= 11 is 0. The van der Waals surface area contributed by atoms with E-state index >= 15 is 0 Å². The van der Waals surface area contributed by atoms with E-state index in [1.807, 2.05) is 0 Å². The molecule has 0 saturated carbocycles. The molecule has 6 nitrogen and oxygen atoms in total. The molecule has 0 atom stereocenters. The Bertz CT molecular complexity index is 924. The first-order valence-corrected chi connectivity index (χ1v) is 6.05. The fourth-order valence-corrected chi connectivity index (χ4v) is 2.02. The normalized spacial score (nSPS) is 10.1. The first-order valence-electron chi connectivity index (χ1n) is 6.05. The van der Waals surface area contributed by atoms with Crippen LogP contribution < -0.4 is 5.73 Å². The van der Waals surface area contributed by atoms with Gasteiger partial charge in [0.1, 0.15) is 23.4 Å². The number of benzene rings is 1. The second-order valence-electron chi connectivity index (χ2n) is 4.37. The van der Waals surface area contributed by atoms with Gasteiger partial charge in [-0.05, 0) is 0 Å². The first-order chi connectivity index (χ1) is 11.3. The number of nitrogens with two attached hydrogens (primary N) is 1. The van der Waals surface area contributed by atoms with Gasteiger partial charge in [0.25, 0.3) is 0 Å². The standard InChI is InChI=1S/C14H6F4N4O2/c1-24-14(23)13-11(21)5(2-19)4-22(13)12-9(17)7(15)6(3-20)8(16)10(12)18/h4H,21H2,1H3. The van der Waals surface area contributed by atoms with Gasteiger partial charge in [-0.2, -0.15) is 10.5 Å². The predicted octanol–water partition coefficient (Wildman–Crippen LogP) is 2.15. The van der Waals surface area contributed by atoms with Crippen molar-refractivity contribution in [1.29, 1.82) is 10.5 Å². The average molecular weight is 338 g/mol. The van der Waals surface area contributed by atoms with Gasteiger partial charge < -0.3 is 15.0 Å². The number of methoxy groups -OCH3 is 1. The Kier molecular flexibility index (Phi) is 4.16. The largest absolute Gasteiger partial charge is 0.464 e. The molecule has 1 aromatic carbocycles. The Labute approximate surface area is 131 Å². The van der Waals surface area contributed by atoms with Crippen molar-refractivity contribution >= 4 is 11.7 Å². The molecular formula is C14H6F4N4O2. The van der Waals surface area contributed by atoms with Gasteiger partial charge in [-0.3, -0.25) is 0 Å². The van der Waals surface area contributed by atoms with E-state index in [2.05, 4.69) is 4.74 Å². The molecule has 2 N–H and O–H groups in total. The minimum absolute atomic E-state index is 0.359. The number of halogens is 4. The number of carbonyl (C=O) groups is 1. The molecule has 122 valence electrons. The molecule has 0 unspecified atom stereocenters. The zero-order valence-electron chi connectivity index (χ0n) is 11.8. The third-order valence-corrected chi connectivity index (χ3v) is 3.14. The smallest absolute Gasteiger partial charge is 0.357 e. The second kappa shape index (κ2) is 5.93. The molecule has 24 heavy (non-hydrogen) atoms. The van der Waals surface area contributed by atoms with Gasteiger partial charge in [-0.25, -0.2) is 22.4 Å². The van der Waals surface area contributed by atoms with Crippen LogP contribution in [0.5, 0.6) is 0 Å². The number of aromatic nitrogens is 1. The molecular weight excluding hydrogens is 332 g/mol. The van der Waals surface area contributed by atoms with Crippen molar-refractivity contribution < 1.29 is 27.1 Å². The number of hydrogen-bond acceptors (Lipinski definition) is 5. The van der Waals surface area contributed by atoms with Crippen LogP contribution in [0.4, 0.5) is 23.2 Å². The Hall–Kier alpha value is -3.53. The molecule has 0 saturated heterocycles. The zero-order chi connectivity index (χ0) is 18.2. The molecule has 10 heteroatoms. The maximum atomic E-state index is 14.1. The highest BCUT2D eigenvalue weighted by molar-refractivity contribution is 5.96. The summed E-state index contributed by atoms with van der Waals surface area (Å²) in [5, 5.41) is 17.5. The van der Waals surface area contributed by atoms with Crippen molar-refractivity contribution in [2.24, 2.45) is 0 Å². The van der Waals surface area contributed by atoms with Crippen molar-refractivity contribution in [1.82, 2.24) is 4.57 Å². The van der Waals surface area contributed by atoms with Crippen molar-refractivity contribution in [2.45, 2.75) is 0 Å². The number of nitriles is 2. The van der Waals surface area contributed by atoms with E-state index in [0.717, 1.165) is 13.2 Å². The number of carbonyl (C=O) groups excluding carboxylic acids is 1. The molecule has 0 fully saturated rings. The van der Waals surface area contributed by atoms with Gasteiger partial charge in [0, 0.05) is 6.20 Å². The molecule has 0 aliphatic carbocycles. The van der Waals surface area contributed by atoms with Crippen LogP contribution in [-0.4, -0.2) is 17.6 Å². The highest BCUT2D eigenvalue weighted by Crippen LogP contribution is 2.31. The lowest BCUT2D eigenvalue weighted by atomic mass is 10.1. The molecule has 2 aromatic rings. The fourth-order valence-electron chi connectivity index (χ4n) is 2.02. The maximum Gasteiger partial charge on any atom is 0.357 e. The topological polar surface area (TPSA) is 105 Å². The van der Waals surface area contributed by atoms with Crippen molar-refractivity contribution in [3.63, 3.8) is 0 Å². The van der Waals surface area contributed by atoms with Crippen LogP contribution in [0.1, 0.15) is 21.6 Å². The number of nitrogen functional groups attached to an aromatic ring is 1. The van der Waals surface area contributed by atoms with Crippen LogP contribution in [0.3, 0.4) is 0 Å². The summed E-state index contributed by atoms with van der Waals surface area (Å²) in [4.78, 5) is 11.8. The van der Waals surface area contributed by atoms with Crippen LogP contribution >= 0.6 is 0 Å². The van der Waals surface area contributed by atoms with Gasteiger partial charge in [-0.1, -0.05) is 0 Å². The Balaban J connectivity index is 2.97. The van der Waals surface area contributed by atoms with Gasteiger partial charge in [0.05, 0.1) is 18.4 Å². The van der Waals surface area contributed by atoms with Gasteiger partial charge in [0.15, 0.2) is 29.0 Å². The molecule has 0 aliphatic rings. The summed E-state index contributed by atoms with van der Waals surface area (Å²) < 4.78 is 60.6. The number of rotatable bonds is 2. The van der Waals surface area contributed by atoms with Gasteiger partial charge in [-0.15, -0.1) is 0 Å². The van der Waals surface area contributed by atoms with Crippen LogP contribution in [0.15, 0.2) is 6.20 Å². The number of esters is 1. The summed E-state index contributed by atoms with van der Waals surface area (Å²) in [6.45, 7) is 0. The molecule has 1 aromatic heterocycles. The lowest BCUT2D eigenvalue weighted by Gasteiger charge is -2.12. The fraction of sp³-hybridized carbons (Fsp3) is 0.0714. The Morgan fingerprint density at radius 3 is 2.08 bits per heavy atom. The van der Waals surface area contributed by atoms with Crippen molar-refractivity contribution in [2.75, 3.05) is 12.8 Å². The minimum Gasteiger partial charge on any atom is -0.464 e. The van der Waals surface area contributed by atoms with E-state index < -0.39 is 51.9 Å². The van der Waals surface area contributed by atoms with Crippen LogP contribution in [0, 0.1) is 45.9 Å². The lowest BCUT2D eigenvalue weighted by molar-refractivity contribution is 0.0592. The summed E-state index contributed by atoms with van der Waals surface area (Å²) in [6, 6.07) is 2.55.